The van der Waals surface area contributed by atoms with Crippen LogP contribution in [-0.4, -0.2) is 34.7 Å². The first-order valence-electron chi connectivity index (χ1n) is 9.20. The molecule has 29 heavy (non-hydrogen) atoms. The van der Waals surface area contributed by atoms with E-state index in [0.717, 1.165) is 15.6 Å². The maximum atomic E-state index is 12.7. The molecule has 1 aliphatic carbocycles. The molecule has 0 radical (unpaired) electrons. The van der Waals surface area contributed by atoms with Crippen molar-refractivity contribution in [2.75, 3.05) is 20.3 Å². The summed E-state index contributed by atoms with van der Waals surface area (Å²) in [7, 11) is -2.43. The van der Waals surface area contributed by atoms with Crippen molar-refractivity contribution in [1.29, 1.82) is 0 Å². The van der Waals surface area contributed by atoms with Crippen LogP contribution >= 0.6 is 15.9 Å². The number of carbonyl (C=O) groups is 1. The number of benzene rings is 2. The van der Waals surface area contributed by atoms with E-state index in [-0.39, 0.29) is 24.0 Å². The summed E-state index contributed by atoms with van der Waals surface area (Å²) in [5.41, 5.74) is 0.744. The van der Waals surface area contributed by atoms with Crippen molar-refractivity contribution in [3.05, 3.63) is 58.1 Å². The Morgan fingerprint density at radius 1 is 1.21 bits per heavy atom. The summed E-state index contributed by atoms with van der Waals surface area (Å²) in [6.07, 6.45) is 0.432. The van der Waals surface area contributed by atoms with Gasteiger partial charge in [0.25, 0.3) is 10.1 Å². The fourth-order valence-electron chi connectivity index (χ4n) is 3.30. The van der Waals surface area contributed by atoms with Crippen LogP contribution in [0.3, 0.4) is 0 Å². The summed E-state index contributed by atoms with van der Waals surface area (Å²) < 4.78 is 41.9. The number of carbonyl (C=O) groups excluding carboxylic acids is 1. The molecular weight excluding hydrogens is 460 g/mol. The molecule has 2 aromatic rings. The van der Waals surface area contributed by atoms with Gasteiger partial charge < -0.3 is 9.47 Å². The minimum atomic E-state index is -3.99. The Balaban J connectivity index is 1.86. The zero-order valence-corrected chi connectivity index (χ0v) is 18.9. The smallest absolute Gasteiger partial charge is 0.315 e. The highest BCUT2D eigenvalue weighted by molar-refractivity contribution is 9.10. The molecule has 0 amide bonds. The van der Waals surface area contributed by atoms with E-state index in [2.05, 4.69) is 15.9 Å². The average Bonchev–Trinajstić information content (AvgIpc) is 3.43. The van der Waals surface area contributed by atoms with Gasteiger partial charge in [-0.2, -0.15) is 8.42 Å². The van der Waals surface area contributed by atoms with E-state index in [1.807, 2.05) is 19.1 Å². The normalized spacial score (nSPS) is 20.9. The third-order valence-electron chi connectivity index (χ3n) is 5.12. The Hall–Kier alpha value is -1.90. The van der Waals surface area contributed by atoms with Gasteiger partial charge in [0, 0.05) is 10.4 Å². The number of ether oxygens (including phenoxy) is 2. The molecule has 2 aromatic carbocycles. The van der Waals surface area contributed by atoms with E-state index in [1.54, 1.807) is 32.2 Å². The van der Waals surface area contributed by atoms with Crippen molar-refractivity contribution in [3.8, 4) is 5.75 Å². The molecular formula is C21H23BrO6S. The van der Waals surface area contributed by atoms with Crippen LogP contribution in [0.25, 0.3) is 0 Å². The zero-order chi connectivity index (χ0) is 21.2. The lowest BCUT2D eigenvalue weighted by Gasteiger charge is -2.17. The molecule has 1 aliphatic rings. The second-order valence-electron chi connectivity index (χ2n) is 7.05. The van der Waals surface area contributed by atoms with Gasteiger partial charge in [0.15, 0.2) is 0 Å². The Kier molecular flexibility index (Phi) is 6.36. The molecule has 0 saturated heterocycles. The SMILES string of the molecule is CCOC(=O)[C@]1(COS(=O)(=O)c2ccc(C)cc2)C[C@H]1c1cc(OC)ccc1Br. The maximum absolute atomic E-state index is 12.7. The molecule has 2 atom stereocenters. The van der Waals surface area contributed by atoms with Gasteiger partial charge in [0.1, 0.15) is 11.2 Å². The topological polar surface area (TPSA) is 78.9 Å². The highest BCUT2D eigenvalue weighted by Gasteiger charge is 2.63. The van der Waals surface area contributed by atoms with Gasteiger partial charge in [-0.05, 0) is 56.2 Å². The van der Waals surface area contributed by atoms with Crippen LogP contribution in [0.1, 0.15) is 30.4 Å². The largest absolute Gasteiger partial charge is 0.497 e. The summed E-state index contributed by atoms with van der Waals surface area (Å²) in [5.74, 6) is -0.0425. The van der Waals surface area contributed by atoms with Gasteiger partial charge in [0.05, 0.1) is 25.2 Å². The summed E-state index contributed by atoms with van der Waals surface area (Å²) in [4.78, 5) is 12.8. The molecule has 8 heteroatoms. The highest BCUT2D eigenvalue weighted by atomic mass is 79.9. The molecule has 156 valence electrons. The summed E-state index contributed by atoms with van der Waals surface area (Å²) in [6, 6.07) is 11.9. The van der Waals surface area contributed by atoms with Crippen LogP contribution in [0.2, 0.25) is 0 Å². The number of rotatable bonds is 8. The Morgan fingerprint density at radius 2 is 1.90 bits per heavy atom. The van der Waals surface area contributed by atoms with Crippen LogP contribution in [0.4, 0.5) is 0 Å². The fraction of sp³-hybridized carbons (Fsp3) is 0.381. The zero-order valence-electron chi connectivity index (χ0n) is 16.5. The van der Waals surface area contributed by atoms with Crippen molar-refractivity contribution < 1.29 is 26.9 Å². The lowest BCUT2D eigenvalue weighted by atomic mass is 10.00. The fourth-order valence-corrected chi connectivity index (χ4v) is 4.80. The van der Waals surface area contributed by atoms with Crippen LogP contribution in [-0.2, 0) is 23.8 Å². The number of halogens is 1. The van der Waals surface area contributed by atoms with Crippen LogP contribution < -0.4 is 4.74 Å². The van der Waals surface area contributed by atoms with Crippen LogP contribution in [0, 0.1) is 12.3 Å². The Labute approximate surface area is 179 Å². The van der Waals surface area contributed by atoms with E-state index in [0.29, 0.717) is 12.2 Å². The molecule has 0 N–H and O–H groups in total. The molecule has 1 fully saturated rings. The number of esters is 1. The molecule has 0 aliphatic heterocycles. The predicted molar refractivity (Wildman–Crippen MR) is 111 cm³/mol. The first-order chi connectivity index (χ1) is 13.7. The van der Waals surface area contributed by atoms with E-state index in [4.69, 9.17) is 13.7 Å². The Bertz CT molecular complexity index is 1000. The minimum Gasteiger partial charge on any atom is -0.497 e. The van der Waals surface area contributed by atoms with Crippen molar-refractivity contribution >= 4 is 32.0 Å². The third-order valence-corrected chi connectivity index (χ3v) is 7.12. The monoisotopic (exact) mass is 482 g/mol. The molecule has 0 heterocycles. The number of methoxy groups -OCH3 is 1. The molecule has 0 aromatic heterocycles. The lowest BCUT2D eigenvalue weighted by molar-refractivity contribution is -0.151. The van der Waals surface area contributed by atoms with Crippen molar-refractivity contribution in [3.63, 3.8) is 0 Å². The summed E-state index contributed by atoms with van der Waals surface area (Å²) in [6.45, 7) is 3.51. The first kappa shape index (κ1) is 21.8. The molecule has 1 saturated carbocycles. The standard InChI is InChI=1S/C21H23BrO6S/c1-4-27-20(23)21(12-18(21)17-11-15(26-3)7-10-19(17)22)13-28-29(24,25)16-8-5-14(2)6-9-16/h5-11,18H,4,12-13H2,1-3H3/t18-,21-/m0/s1. The van der Waals surface area contributed by atoms with Crippen molar-refractivity contribution in [2.24, 2.45) is 5.41 Å². The molecule has 0 unspecified atom stereocenters. The van der Waals surface area contributed by atoms with Gasteiger partial charge in [-0.3, -0.25) is 8.98 Å². The first-order valence-corrected chi connectivity index (χ1v) is 11.4. The number of aryl methyl sites for hydroxylation is 1. The number of hydrogen-bond donors (Lipinski definition) is 0. The average molecular weight is 483 g/mol. The summed E-state index contributed by atoms with van der Waals surface area (Å²) >= 11 is 3.51. The lowest BCUT2D eigenvalue weighted by Crippen LogP contribution is -2.28. The maximum Gasteiger partial charge on any atom is 0.315 e. The quantitative estimate of drug-likeness (QED) is 0.414. The van der Waals surface area contributed by atoms with Gasteiger partial charge >= 0.3 is 5.97 Å². The second kappa shape index (κ2) is 8.45. The van der Waals surface area contributed by atoms with Crippen molar-refractivity contribution in [2.45, 2.75) is 31.1 Å². The third kappa shape index (κ3) is 4.49. The van der Waals surface area contributed by atoms with E-state index in [9.17, 15) is 13.2 Å². The van der Waals surface area contributed by atoms with Gasteiger partial charge in [-0.1, -0.05) is 33.6 Å². The molecule has 3 rings (SSSR count). The number of hydrogen-bond acceptors (Lipinski definition) is 6. The van der Waals surface area contributed by atoms with Gasteiger partial charge in [-0.25, -0.2) is 0 Å². The summed E-state index contributed by atoms with van der Waals surface area (Å²) in [5, 5.41) is 0. The predicted octanol–water partition coefficient (Wildman–Crippen LogP) is 4.21. The van der Waals surface area contributed by atoms with E-state index < -0.39 is 21.5 Å². The van der Waals surface area contributed by atoms with E-state index >= 15 is 0 Å². The van der Waals surface area contributed by atoms with Crippen molar-refractivity contribution in [1.82, 2.24) is 0 Å². The van der Waals surface area contributed by atoms with Gasteiger partial charge in [0.2, 0.25) is 0 Å². The molecule has 0 spiro atoms. The van der Waals surface area contributed by atoms with Crippen LogP contribution in [0.15, 0.2) is 51.8 Å². The van der Waals surface area contributed by atoms with Gasteiger partial charge in [-0.15, -0.1) is 0 Å². The second-order valence-corrected chi connectivity index (χ2v) is 9.52. The minimum absolute atomic E-state index is 0.0573. The highest BCUT2D eigenvalue weighted by Crippen LogP contribution is 2.62. The molecule has 6 nitrogen and oxygen atoms in total. The Morgan fingerprint density at radius 3 is 2.52 bits per heavy atom. The molecule has 0 bridgehead atoms. The van der Waals surface area contributed by atoms with Crippen LogP contribution in [0.5, 0.6) is 5.75 Å². The van der Waals surface area contributed by atoms with E-state index in [1.165, 1.54) is 12.1 Å².